The second kappa shape index (κ2) is 9.64. The normalized spacial score (nSPS) is 49.5. The second-order valence-corrected chi connectivity index (χ2v) is 14.4. The van der Waals surface area contributed by atoms with Crippen LogP contribution in [0, 0.1) is 40.4 Å². The number of aliphatic hydroxyl groups is 2. The first-order valence-corrected chi connectivity index (χ1v) is 15.7. The fraction of sp³-hybridized carbons (Fsp3) is 0.875. The van der Waals surface area contributed by atoms with E-state index in [1.165, 1.54) is 0 Å². The van der Waals surface area contributed by atoms with E-state index in [2.05, 4.69) is 33.0 Å². The molecule has 218 valence electrons. The second-order valence-electron chi connectivity index (χ2n) is 14.4. The molecule has 0 unspecified atom stereocenters. The maximum absolute atomic E-state index is 14.0. The number of carbonyl (C=O) groups is 2. The first-order chi connectivity index (χ1) is 18.5. The summed E-state index contributed by atoms with van der Waals surface area (Å²) in [7, 11) is 0. The highest BCUT2D eigenvalue weighted by atomic mass is 16.6. The molecule has 5 fully saturated rings. The summed E-state index contributed by atoms with van der Waals surface area (Å²) >= 11 is 0. The SMILES string of the molecule is CCCCN[C@H]1CC(=O)[C@]2(C)[C@H]3CC[C@]4(C)[C@@H]([C@H](C)[C@H]5CC(C)=C(CO)C(=O)O5)CC[C@H]4[C@@H]3C[C@H]3O[C@]32[C@H]1O. The number of fused-ring (bicyclic) bond motifs is 4. The number of rotatable bonds is 7. The Balaban J connectivity index is 1.22. The minimum Gasteiger partial charge on any atom is -0.458 e. The monoisotopic (exact) mass is 543 g/mol. The molecule has 0 radical (unpaired) electrons. The average molecular weight is 544 g/mol. The number of unbranched alkanes of at least 4 members (excludes halogenated alkanes) is 1. The molecule has 1 spiro atoms. The fourth-order valence-electron chi connectivity index (χ4n) is 10.7. The Morgan fingerprint density at radius 3 is 2.59 bits per heavy atom. The van der Waals surface area contributed by atoms with E-state index < -0.39 is 17.1 Å². The number of carbonyl (C=O) groups excluding carboxylic acids is 2. The standard InChI is InChI=1S/C32H49NO6/c1-6-7-12-33-24-15-26(35)31(5)23-10-11-30(4)21(18(3)25-13-17(2)20(16-34)29(37)38-25)8-9-22(30)19(23)14-27-32(31,39-27)28(24)36/h18-19,21-25,27-28,33-34,36H,6-16H2,1-5H3/t18-,19-,21+,22-,23-,24-,25+,27+,28-,30+,31-,32-/m0/s1. The molecule has 2 aliphatic heterocycles. The zero-order valence-electron chi connectivity index (χ0n) is 24.5. The lowest BCUT2D eigenvalue weighted by Crippen LogP contribution is -2.69. The maximum atomic E-state index is 14.0. The van der Waals surface area contributed by atoms with Crippen LogP contribution in [-0.4, -0.2) is 65.1 Å². The molecular formula is C32H49NO6. The minimum atomic E-state index is -0.725. The van der Waals surface area contributed by atoms with Gasteiger partial charge >= 0.3 is 5.97 Å². The average Bonchev–Trinajstić information content (AvgIpc) is 3.53. The molecule has 6 rings (SSSR count). The molecule has 12 atom stereocenters. The van der Waals surface area contributed by atoms with Crippen LogP contribution in [0.3, 0.4) is 0 Å². The van der Waals surface area contributed by atoms with Gasteiger partial charge in [-0.3, -0.25) is 4.79 Å². The van der Waals surface area contributed by atoms with Crippen LogP contribution in [0.5, 0.6) is 0 Å². The summed E-state index contributed by atoms with van der Waals surface area (Å²) in [4.78, 5) is 26.6. The Labute approximate surface area is 233 Å². The quantitative estimate of drug-likeness (QED) is 0.254. The van der Waals surface area contributed by atoms with Crippen LogP contribution in [0.4, 0.5) is 0 Å². The van der Waals surface area contributed by atoms with Crippen LogP contribution < -0.4 is 5.32 Å². The first kappa shape index (κ1) is 27.9. The van der Waals surface area contributed by atoms with E-state index in [4.69, 9.17) is 9.47 Å². The summed E-state index contributed by atoms with van der Waals surface area (Å²) < 4.78 is 12.4. The number of hydrogen-bond donors (Lipinski definition) is 3. The molecule has 0 aromatic rings. The van der Waals surface area contributed by atoms with Gasteiger partial charge in [-0.15, -0.1) is 0 Å². The van der Waals surface area contributed by atoms with Gasteiger partial charge in [0.05, 0.1) is 23.7 Å². The number of esters is 1. The Morgan fingerprint density at radius 1 is 1.13 bits per heavy atom. The number of ether oxygens (including phenoxy) is 2. The summed E-state index contributed by atoms with van der Waals surface area (Å²) in [6.45, 7) is 11.5. The van der Waals surface area contributed by atoms with E-state index in [0.29, 0.717) is 36.2 Å². The third-order valence-electron chi connectivity index (χ3n) is 13.0. The van der Waals surface area contributed by atoms with E-state index >= 15 is 0 Å². The van der Waals surface area contributed by atoms with E-state index in [9.17, 15) is 19.8 Å². The predicted molar refractivity (Wildman–Crippen MR) is 147 cm³/mol. The highest BCUT2D eigenvalue weighted by Gasteiger charge is 2.82. The lowest BCUT2D eigenvalue weighted by Gasteiger charge is -2.59. The molecule has 4 saturated carbocycles. The Morgan fingerprint density at radius 2 is 1.90 bits per heavy atom. The van der Waals surface area contributed by atoms with E-state index in [0.717, 1.165) is 57.1 Å². The van der Waals surface area contributed by atoms with E-state index in [1.54, 1.807) is 0 Å². The minimum absolute atomic E-state index is 0.0405. The van der Waals surface area contributed by atoms with Crippen molar-refractivity contribution in [2.24, 2.45) is 40.4 Å². The molecule has 4 aliphatic carbocycles. The van der Waals surface area contributed by atoms with Gasteiger partial charge in [-0.25, -0.2) is 4.79 Å². The third kappa shape index (κ3) is 3.74. The van der Waals surface area contributed by atoms with Gasteiger partial charge in [0, 0.05) is 18.9 Å². The van der Waals surface area contributed by atoms with Gasteiger partial charge < -0.3 is 25.0 Å². The predicted octanol–water partition coefficient (Wildman–Crippen LogP) is 3.95. The van der Waals surface area contributed by atoms with Gasteiger partial charge in [-0.2, -0.15) is 0 Å². The molecule has 1 saturated heterocycles. The van der Waals surface area contributed by atoms with Crippen molar-refractivity contribution >= 4 is 11.8 Å². The van der Waals surface area contributed by atoms with Gasteiger partial charge in [-0.1, -0.05) is 32.8 Å². The molecule has 7 nitrogen and oxygen atoms in total. The summed E-state index contributed by atoms with van der Waals surface area (Å²) in [5, 5.41) is 24.7. The summed E-state index contributed by atoms with van der Waals surface area (Å²) in [5.41, 5.74) is 0.147. The molecule has 6 aliphatic rings. The molecule has 0 bridgehead atoms. The number of hydrogen-bond acceptors (Lipinski definition) is 7. The topological polar surface area (TPSA) is 108 Å². The smallest absolute Gasteiger partial charge is 0.336 e. The Bertz CT molecular complexity index is 1060. The number of ketones is 1. The number of cyclic esters (lactones) is 1. The van der Waals surface area contributed by atoms with Crippen molar-refractivity contribution in [3.8, 4) is 0 Å². The zero-order valence-corrected chi connectivity index (χ0v) is 24.5. The number of nitrogens with one attached hydrogen (secondary N) is 1. The lowest BCUT2D eigenvalue weighted by molar-refractivity contribution is -0.169. The van der Waals surface area contributed by atoms with Gasteiger partial charge in [-0.05, 0) is 93.9 Å². The molecule has 3 N–H and O–H groups in total. The van der Waals surface area contributed by atoms with Gasteiger partial charge in [0.15, 0.2) is 0 Å². The van der Waals surface area contributed by atoms with Crippen molar-refractivity contribution in [2.75, 3.05) is 13.2 Å². The lowest BCUT2D eigenvalue weighted by atomic mass is 9.43. The molecule has 39 heavy (non-hydrogen) atoms. The van der Waals surface area contributed by atoms with Crippen LogP contribution in [0.25, 0.3) is 0 Å². The molecular weight excluding hydrogens is 494 g/mol. The number of Topliss-reactive ketones (excluding diaryl/α,β-unsaturated/α-hetero) is 1. The van der Waals surface area contributed by atoms with Crippen molar-refractivity contribution in [1.82, 2.24) is 5.32 Å². The van der Waals surface area contributed by atoms with E-state index in [1.807, 2.05) is 6.92 Å². The van der Waals surface area contributed by atoms with Crippen LogP contribution in [-0.2, 0) is 19.1 Å². The third-order valence-corrected chi connectivity index (χ3v) is 13.0. The van der Waals surface area contributed by atoms with Crippen molar-refractivity contribution in [1.29, 1.82) is 0 Å². The van der Waals surface area contributed by atoms with Gasteiger partial charge in [0.25, 0.3) is 0 Å². The molecule has 0 aromatic heterocycles. The fourth-order valence-corrected chi connectivity index (χ4v) is 10.7. The van der Waals surface area contributed by atoms with Gasteiger partial charge in [0.2, 0.25) is 0 Å². The van der Waals surface area contributed by atoms with Crippen molar-refractivity contribution < 1.29 is 29.3 Å². The zero-order chi connectivity index (χ0) is 27.9. The van der Waals surface area contributed by atoms with Crippen molar-refractivity contribution in [3.05, 3.63) is 11.1 Å². The largest absolute Gasteiger partial charge is 0.458 e. The number of epoxide rings is 1. The summed E-state index contributed by atoms with van der Waals surface area (Å²) in [6, 6.07) is -0.216. The number of aliphatic hydroxyl groups excluding tert-OH is 2. The summed E-state index contributed by atoms with van der Waals surface area (Å²) in [5.74, 6) is 1.78. The Kier molecular flexibility index (Phi) is 6.89. The molecule has 7 heteroatoms. The molecule has 2 heterocycles. The van der Waals surface area contributed by atoms with Crippen LogP contribution in [0.15, 0.2) is 11.1 Å². The molecule has 0 amide bonds. The molecule has 0 aromatic carbocycles. The van der Waals surface area contributed by atoms with E-state index in [-0.39, 0.29) is 53.9 Å². The van der Waals surface area contributed by atoms with Crippen LogP contribution in [0.2, 0.25) is 0 Å². The maximum Gasteiger partial charge on any atom is 0.336 e. The Hall–Kier alpha value is -1.28. The van der Waals surface area contributed by atoms with Crippen molar-refractivity contribution in [3.63, 3.8) is 0 Å². The van der Waals surface area contributed by atoms with Gasteiger partial charge in [0.1, 0.15) is 23.6 Å². The van der Waals surface area contributed by atoms with Crippen LogP contribution >= 0.6 is 0 Å². The first-order valence-electron chi connectivity index (χ1n) is 15.7. The van der Waals surface area contributed by atoms with Crippen molar-refractivity contribution in [2.45, 2.75) is 122 Å². The highest BCUT2D eigenvalue weighted by molar-refractivity contribution is 5.90. The summed E-state index contributed by atoms with van der Waals surface area (Å²) in [6.07, 6.45) is 7.60. The van der Waals surface area contributed by atoms with Crippen LogP contribution in [0.1, 0.15) is 92.4 Å². The highest BCUT2D eigenvalue weighted by Crippen LogP contribution is 2.73.